The second kappa shape index (κ2) is 9.96. The van der Waals surface area contributed by atoms with Crippen LogP contribution in [-0.4, -0.2) is 38.1 Å². The van der Waals surface area contributed by atoms with Crippen LogP contribution in [0.4, 0.5) is 16.2 Å². The first-order valence-electron chi connectivity index (χ1n) is 8.89. The van der Waals surface area contributed by atoms with Crippen molar-refractivity contribution in [2.45, 2.75) is 13.8 Å². The van der Waals surface area contributed by atoms with E-state index in [1.807, 2.05) is 12.1 Å². The third-order valence-corrected chi connectivity index (χ3v) is 4.09. The largest absolute Gasteiger partial charge is 0.465 e. The monoisotopic (exact) mass is 384 g/mol. The smallest absolute Gasteiger partial charge is 0.337 e. The van der Waals surface area contributed by atoms with Crippen molar-refractivity contribution in [3.8, 4) is 0 Å². The number of nitrogens with zero attached hydrogens (tertiary/aromatic N) is 1. The van der Waals surface area contributed by atoms with Gasteiger partial charge >= 0.3 is 12.0 Å². The fourth-order valence-electron chi connectivity index (χ4n) is 2.60. The van der Waals surface area contributed by atoms with Crippen LogP contribution in [-0.2, 0) is 4.74 Å². The van der Waals surface area contributed by atoms with Gasteiger partial charge in [0, 0.05) is 30.0 Å². The summed E-state index contributed by atoms with van der Waals surface area (Å²) in [5.74, 6) is -0.949. The van der Waals surface area contributed by atoms with Crippen molar-refractivity contribution in [1.82, 2.24) is 10.9 Å². The van der Waals surface area contributed by atoms with Gasteiger partial charge in [0.15, 0.2) is 0 Å². The molecule has 0 saturated carbocycles. The van der Waals surface area contributed by atoms with Crippen LogP contribution in [0.5, 0.6) is 0 Å². The zero-order valence-corrected chi connectivity index (χ0v) is 16.1. The molecule has 8 nitrogen and oxygen atoms in total. The number of benzene rings is 2. The van der Waals surface area contributed by atoms with Crippen LogP contribution >= 0.6 is 0 Å². The number of hydrogen-bond donors (Lipinski definition) is 3. The van der Waals surface area contributed by atoms with Crippen LogP contribution in [0.1, 0.15) is 34.6 Å². The van der Waals surface area contributed by atoms with E-state index in [2.05, 4.69) is 39.7 Å². The van der Waals surface area contributed by atoms with Crippen molar-refractivity contribution in [3.05, 3.63) is 59.7 Å². The van der Waals surface area contributed by atoms with Gasteiger partial charge in [-0.05, 0) is 56.3 Å². The Labute approximate surface area is 163 Å². The van der Waals surface area contributed by atoms with E-state index in [0.29, 0.717) is 16.8 Å². The maximum Gasteiger partial charge on any atom is 0.337 e. The van der Waals surface area contributed by atoms with E-state index < -0.39 is 17.9 Å². The quantitative estimate of drug-likeness (QED) is 0.525. The normalized spacial score (nSPS) is 9.96. The molecule has 2 aromatic rings. The average Bonchev–Trinajstić information content (AvgIpc) is 2.73. The zero-order chi connectivity index (χ0) is 20.5. The van der Waals surface area contributed by atoms with Crippen LogP contribution in [0.3, 0.4) is 0 Å². The first-order chi connectivity index (χ1) is 13.5. The molecule has 8 heteroatoms. The van der Waals surface area contributed by atoms with Gasteiger partial charge in [-0.2, -0.15) is 0 Å². The van der Waals surface area contributed by atoms with Crippen molar-refractivity contribution >= 4 is 29.3 Å². The number of anilines is 2. The minimum absolute atomic E-state index is 0.303. The number of carbonyl (C=O) groups excluding carboxylic acids is 3. The molecule has 0 radical (unpaired) electrons. The first-order valence-corrected chi connectivity index (χ1v) is 8.89. The number of rotatable bonds is 6. The van der Waals surface area contributed by atoms with Crippen LogP contribution in [0.25, 0.3) is 0 Å². The summed E-state index contributed by atoms with van der Waals surface area (Å²) < 4.78 is 4.63. The Morgan fingerprint density at radius 3 is 2.21 bits per heavy atom. The molecule has 0 fully saturated rings. The van der Waals surface area contributed by atoms with Gasteiger partial charge in [0.25, 0.3) is 5.91 Å². The number of amides is 3. The molecule has 0 bridgehead atoms. The Kier molecular flexibility index (Phi) is 7.38. The lowest BCUT2D eigenvalue weighted by atomic mass is 10.2. The summed E-state index contributed by atoms with van der Waals surface area (Å²) in [4.78, 5) is 37.8. The number of hydrogen-bond acceptors (Lipinski definition) is 5. The molecule has 0 atom stereocenters. The number of methoxy groups -OCH3 is 1. The molecule has 3 amide bonds. The summed E-state index contributed by atoms with van der Waals surface area (Å²) in [6.07, 6.45) is 0. The van der Waals surface area contributed by atoms with Crippen LogP contribution < -0.4 is 21.1 Å². The SMILES string of the molecule is CCN(CC)c1ccc(C(=O)NNC(=O)Nc2cccc(C(=O)OC)c2)cc1. The molecule has 148 valence electrons. The summed E-state index contributed by atoms with van der Waals surface area (Å²) in [5.41, 5.74) is 6.75. The van der Waals surface area contributed by atoms with E-state index in [1.165, 1.54) is 13.2 Å². The van der Waals surface area contributed by atoms with Gasteiger partial charge in [0.1, 0.15) is 0 Å². The number of nitrogens with one attached hydrogen (secondary N) is 3. The molecule has 0 aliphatic rings. The van der Waals surface area contributed by atoms with Gasteiger partial charge in [0.05, 0.1) is 12.7 Å². The highest BCUT2D eigenvalue weighted by atomic mass is 16.5. The molecule has 0 spiro atoms. The van der Waals surface area contributed by atoms with Crippen molar-refractivity contribution in [2.75, 3.05) is 30.4 Å². The van der Waals surface area contributed by atoms with Crippen LogP contribution in [0, 0.1) is 0 Å². The number of ether oxygens (including phenoxy) is 1. The van der Waals surface area contributed by atoms with E-state index >= 15 is 0 Å². The van der Waals surface area contributed by atoms with Crippen molar-refractivity contribution in [1.29, 1.82) is 0 Å². The molecule has 0 aliphatic carbocycles. The average molecular weight is 384 g/mol. The Morgan fingerprint density at radius 1 is 0.929 bits per heavy atom. The Bertz CT molecular complexity index is 832. The molecule has 0 unspecified atom stereocenters. The molecule has 0 aliphatic heterocycles. The number of esters is 1. The van der Waals surface area contributed by atoms with Gasteiger partial charge in [-0.3, -0.25) is 10.2 Å². The van der Waals surface area contributed by atoms with E-state index in [-0.39, 0.29) is 0 Å². The molecule has 3 N–H and O–H groups in total. The van der Waals surface area contributed by atoms with Gasteiger partial charge in [-0.1, -0.05) is 6.07 Å². The molecule has 0 saturated heterocycles. The Morgan fingerprint density at radius 2 is 1.61 bits per heavy atom. The van der Waals surface area contributed by atoms with Gasteiger partial charge in [-0.25, -0.2) is 15.0 Å². The van der Waals surface area contributed by atoms with Gasteiger partial charge in [0.2, 0.25) is 0 Å². The molecule has 28 heavy (non-hydrogen) atoms. The van der Waals surface area contributed by atoms with Crippen LogP contribution in [0.2, 0.25) is 0 Å². The predicted octanol–water partition coefficient (Wildman–Crippen LogP) is 2.79. The highest BCUT2D eigenvalue weighted by Gasteiger charge is 2.10. The van der Waals surface area contributed by atoms with Gasteiger partial charge < -0.3 is 15.0 Å². The summed E-state index contributed by atoms with van der Waals surface area (Å²) in [6, 6.07) is 12.7. The molecule has 0 aromatic heterocycles. The molecular formula is C20H24N4O4. The first kappa shape index (κ1) is 20.8. The standard InChI is InChI=1S/C20H24N4O4/c1-4-24(5-2)17-11-9-14(10-12-17)18(25)22-23-20(27)21-16-8-6-7-15(13-16)19(26)28-3/h6-13H,4-5H2,1-3H3,(H,22,25)(H2,21,23,27). The van der Waals surface area contributed by atoms with E-state index in [0.717, 1.165) is 18.8 Å². The van der Waals surface area contributed by atoms with Crippen molar-refractivity contribution in [2.24, 2.45) is 0 Å². The van der Waals surface area contributed by atoms with E-state index in [9.17, 15) is 14.4 Å². The van der Waals surface area contributed by atoms with Crippen LogP contribution in [0.15, 0.2) is 48.5 Å². The fraction of sp³-hybridized carbons (Fsp3) is 0.250. The lowest BCUT2D eigenvalue weighted by molar-refractivity contribution is 0.0600. The Balaban J connectivity index is 1.90. The number of hydrazine groups is 1. The fourth-order valence-corrected chi connectivity index (χ4v) is 2.60. The zero-order valence-electron chi connectivity index (χ0n) is 16.1. The highest BCUT2D eigenvalue weighted by Crippen LogP contribution is 2.15. The van der Waals surface area contributed by atoms with Gasteiger partial charge in [-0.15, -0.1) is 0 Å². The maximum absolute atomic E-state index is 12.2. The lowest BCUT2D eigenvalue weighted by Gasteiger charge is -2.21. The number of carbonyl (C=O) groups is 3. The molecule has 0 heterocycles. The second-order valence-electron chi connectivity index (χ2n) is 5.82. The summed E-state index contributed by atoms with van der Waals surface area (Å²) >= 11 is 0. The maximum atomic E-state index is 12.2. The van der Waals surface area contributed by atoms with E-state index in [1.54, 1.807) is 30.3 Å². The summed E-state index contributed by atoms with van der Waals surface area (Å²) in [6.45, 7) is 5.88. The topological polar surface area (TPSA) is 99.8 Å². The number of urea groups is 1. The predicted molar refractivity (Wildman–Crippen MR) is 107 cm³/mol. The third kappa shape index (κ3) is 5.47. The lowest BCUT2D eigenvalue weighted by Crippen LogP contribution is -2.43. The second-order valence-corrected chi connectivity index (χ2v) is 5.82. The summed E-state index contributed by atoms with van der Waals surface area (Å²) in [5, 5.41) is 2.53. The molecule has 2 aromatic carbocycles. The molecular weight excluding hydrogens is 360 g/mol. The van der Waals surface area contributed by atoms with Crippen molar-refractivity contribution < 1.29 is 19.1 Å². The minimum atomic E-state index is -0.643. The minimum Gasteiger partial charge on any atom is -0.465 e. The highest BCUT2D eigenvalue weighted by molar-refractivity contribution is 5.98. The summed E-state index contributed by atoms with van der Waals surface area (Å²) in [7, 11) is 1.28. The Hall–Kier alpha value is -3.55. The van der Waals surface area contributed by atoms with Crippen molar-refractivity contribution in [3.63, 3.8) is 0 Å². The molecule has 2 rings (SSSR count). The van der Waals surface area contributed by atoms with E-state index in [4.69, 9.17) is 0 Å². The third-order valence-electron chi connectivity index (χ3n) is 4.09.